The van der Waals surface area contributed by atoms with Gasteiger partial charge in [-0.1, -0.05) is 26.0 Å². The Bertz CT molecular complexity index is 627. The van der Waals surface area contributed by atoms with Crippen LogP contribution >= 0.6 is 0 Å². The largest absolute Gasteiger partial charge is 0.368 e. The summed E-state index contributed by atoms with van der Waals surface area (Å²) in [5.41, 5.74) is 1.40. The predicted molar refractivity (Wildman–Crippen MR) is 82.9 cm³/mol. The highest BCUT2D eigenvalue weighted by atomic mass is 16.1. The second-order valence-corrected chi connectivity index (χ2v) is 5.20. The van der Waals surface area contributed by atoms with Gasteiger partial charge in [0, 0.05) is 17.8 Å². The fraction of sp³-hybridized carbons (Fsp3) is 0.333. The highest BCUT2D eigenvalue weighted by molar-refractivity contribution is 5.95. The van der Waals surface area contributed by atoms with Crippen LogP contribution in [0.5, 0.6) is 0 Å². The Kier molecular flexibility index (Phi) is 4.81. The Morgan fingerprint density at radius 2 is 2.14 bits per heavy atom. The number of Topliss-reactive ketones (excluding diaryl/α,β-unsaturated/α-hetero) is 1. The van der Waals surface area contributed by atoms with Gasteiger partial charge in [0.25, 0.3) is 0 Å². The summed E-state index contributed by atoms with van der Waals surface area (Å²) >= 11 is 0. The molecular weight excluding hydrogens is 266 g/mol. The number of hydrogen-bond donors (Lipinski definition) is 2. The van der Waals surface area contributed by atoms with Crippen LogP contribution in [0.15, 0.2) is 30.5 Å². The van der Waals surface area contributed by atoms with Crippen molar-refractivity contribution in [3.05, 3.63) is 36.0 Å². The Balaban J connectivity index is 2.10. The number of carbonyl (C=O) groups excluding carboxylic acids is 1. The van der Waals surface area contributed by atoms with Gasteiger partial charge in [-0.15, -0.1) is 5.10 Å². The minimum atomic E-state index is 0.0186. The van der Waals surface area contributed by atoms with Crippen molar-refractivity contribution in [3.63, 3.8) is 0 Å². The summed E-state index contributed by atoms with van der Waals surface area (Å²) < 4.78 is 0. The van der Waals surface area contributed by atoms with Crippen molar-refractivity contribution >= 4 is 23.2 Å². The third-order valence-corrected chi connectivity index (χ3v) is 2.78. The normalized spacial score (nSPS) is 10.5. The predicted octanol–water partition coefficient (Wildman–Crippen LogP) is 2.89. The summed E-state index contributed by atoms with van der Waals surface area (Å²) in [6.07, 6.45) is 1.58. The van der Waals surface area contributed by atoms with Gasteiger partial charge in [-0.05, 0) is 25.0 Å². The zero-order valence-corrected chi connectivity index (χ0v) is 12.4. The minimum Gasteiger partial charge on any atom is -0.368 e. The maximum atomic E-state index is 11.4. The molecule has 2 rings (SSSR count). The molecule has 0 aliphatic heterocycles. The fourth-order valence-corrected chi connectivity index (χ4v) is 1.70. The summed E-state index contributed by atoms with van der Waals surface area (Å²) in [5.74, 6) is 1.60. The van der Waals surface area contributed by atoms with Gasteiger partial charge in [-0.3, -0.25) is 4.79 Å². The lowest BCUT2D eigenvalue weighted by molar-refractivity contribution is 0.101. The molecule has 1 heterocycles. The smallest absolute Gasteiger partial charge is 0.249 e. The molecule has 0 amide bonds. The molecule has 0 radical (unpaired) electrons. The molecule has 0 saturated heterocycles. The molecule has 0 atom stereocenters. The van der Waals surface area contributed by atoms with E-state index in [1.54, 1.807) is 18.3 Å². The summed E-state index contributed by atoms with van der Waals surface area (Å²) in [6.45, 7) is 6.59. The maximum absolute atomic E-state index is 11.4. The van der Waals surface area contributed by atoms with Gasteiger partial charge < -0.3 is 10.6 Å². The first kappa shape index (κ1) is 14.9. The molecule has 1 aromatic carbocycles. The third kappa shape index (κ3) is 4.52. The molecule has 110 valence electrons. The van der Waals surface area contributed by atoms with E-state index in [1.165, 1.54) is 6.92 Å². The number of hydrogen-bond acceptors (Lipinski definition) is 6. The van der Waals surface area contributed by atoms with Crippen molar-refractivity contribution in [1.29, 1.82) is 0 Å². The molecule has 6 heteroatoms. The van der Waals surface area contributed by atoms with Gasteiger partial charge in [0.15, 0.2) is 11.6 Å². The van der Waals surface area contributed by atoms with Crippen molar-refractivity contribution in [2.75, 3.05) is 17.2 Å². The number of aromatic nitrogens is 3. The lowest BCUT2D eigenvalue weighted by Gasteiger charge is -2.09. The highest BCUT2D eigenvalue weighted by Crippen LogP contribution is 2.15. The van der Waals surface area contributed by atoms with E-state index in [0.29, 0.717) is 23.2 Å². The van der Waals surface area contributed by atoms with Crippen LogP contribution in [0.3, 0.4) is 0 Å². The van der Waals surface area contributed by atoms with Crippen molar-refractivity contribution in [3.8, 4) is 0 Å². The average Bonchev–Trinajstić information content (AvgIpc) is 2.46. The lowest BCUT2D eigenvalue weighted by atomic mass is 10.1. The zero-order chi connectivity index (χ0) is 15.2. The van der Waals surface area contributed by atoms with E-state index in [-0.39, 0.29) is 5.78 Å². The van der Waals surface area contributed by atoms with Crippen LogP contribution in [0.1, 0.15) is 31.1 Å². The summed E-state index contributed by atoms with van der Waals surface area (Å²) in [5, 5.41) is 14.1. The van der Waals surface area contributed by atoms with Crippen molar-refractivity contribution in [2.24, 2.45) is 5.92 Å². The van der Waals surface area contributed by atoms with E-state index in [2.05, 4.69) is 39.7 Å². The van der Waals surface area contributed by atoms with Gasteiger partial charge in [0.1, 0.15) is 0 Å². The molecular formula is C15H19N5O. The molecule has 0 bridgehead atoms. The van der Waals surface area contributed by atoms with Crippen LogP contribution in [0.2, 0.25) is 0 Å². The molecule has 0 spiro atoms. The number of ketones is 1. The van der Waals surface area contributed by atoms with E-state index in [9.17, 15) is 4.79 Å². The number of carbonyl (C=O) groups is 1. The quantitative estimate of drug-likeness (QED) is 0.794. The molecule has 0 saturated carbocycles. The Morgan fingerprint density at radius 3 is 2.86 bits per heavy atom. The van der Waals surface area contributed by atoms with Gasteiger partial charge in [0.05, 0.1) is 6.20 Å². The summed E-state index contributed by atoms with van der Waals surface area (Å²) in [6, 6.07) is 7.20. The van der Waals surface area contributed by atoms with Gasteiger partial charge >= 0.3 is 0 Å². The van der Waals surface area contributed by atoms with Crippen molar-refractivity contribution in [1.82, 2.24) is 15.2 Å². The first-order chi connectivity index (χ1) is 10.0. The molecule has 0 aliphatic carbocycles. The molecule has 0 fully saturated rings. The lowest BCUT2D eigenvalue weighted by Crippen LogP contribution is -2.11. The summed E-state index contributed by atoms with van der Waals surface area (Å²) in [4.78, 5) is 15.7. The molecule has 2 aromatic rings. The number of nitrogens with one attached hydrogen (secondary N) is 2. The van der Waals surface area contributed by atoms with Crippen LogP contribution < -0.4 is 10.6 Å². The highest BCUT2D eigenvalue weighted by Gasteiger charge is 2.04. The van der Waals surface area contributed by atoms with E-state index in [1.807, 2.05) is 12.1 Å². The SMILES string of the molecule is CC(=O)c1cccc(Nc2nncc(NCC(C)C)n2)c1. The standard InChI is InChI=1S/C15H19N5O/c1-10(2)8-16-14-9-17-20-15(19-14)18-13-6-4-5-12(7-13)11(3)21/h4-7,9-10H,8H2,1-3H3,(H2,16,18,19,20). The van der Waals surface area contributed by atoms with Gasteiger partial charge in [-0.2, -0.15) is 10.1 Å². The number of rotatable bonds is 6. The monoisotopic (exact) mass is 285 g/mol. The van der Waals surface area contributed by atoms with Crippen LogP contribution in [-0.2, 0) is 0 Å². The van der Waals surface area contributed by atoms with Crippen molar-refractivity contribution in [2.45, 2.75) is 20.8 Å². The van der Waals surface area contributed by atoms with E-state index in [0.717, 1.165) is 12.2 Å². The van der Waals surface area contributed by atoms with Gasteiger partial charge in [-0.25, -0.2) is 0 Å². The summed E-state index contributed by atoms with van der Waals surface area (Å²) in [7, 11) is 0. The molecule has 0 aliphatic rings. The average molecular weight is 285 g/mol. The first-order valence-corrected chi connectivity index (χ1v) is 6.86. The number of benzene rings is 1. The van der Waals surface area contributed by atoms with Crippen molar-refractivity contribution < 1.29 is 4.79 Å². The van der Waals surface area contributed by atoms with E-state index < -0.39 is 0 Å². The zero-order valence-electron chi connectivity index (χ0n) is 12.4. The van der Waals surface area contributed by atoms with Crippen LogP contribution in [-0.4, -0.2) is 27.5 Å². The molecule has 0 unspecified atom stereocenters. The minimum absolute atomic E-state index is 0.0186. The Morgan fingerprint density at radius 1 is 1.33 bits per heavy atom. The second kappa shape index (κ2) is 6.78. The fourth-order valence-electron chi connectivity index (χ4n) is 1.70. The second-order valence-electron chi connectivity index (χ2n) is 5.20. The maximum Gasteiger partial charge on any atom is 0.249 e. The Hall–Kier alpha value is -2.50. The third-order valence-electron chi connectivity index (χ3n) is 2.78. The molecule has 21 heavy (non-hydrogen) atoms. The first-order valence-electron chi connectivity index (χ1n) is 6.86. The Labute approximate surface area is 124 Å². The van der Waals surface area contributed by atoms with E-state index in [4.69, 9.17) is 0 Å². The van der Waals surface area contributed by atoms with Crippen LogP contribution in [0.25, 0.3) is 0 Å². The van der Waals surface area contributed by atoms with Crippen LogP contribution in [0.4, 0.5) is 17.5 Å². The van der Waals surface area contributed by atoms with Gasteiger partial charge in [0.2, 0.25) is 5.95 Å². The molecule has 6 nitrogen and oxygen atoms in total. The number of nitrogens with zero attached hydrogens (tertiary/aromatic N) is 3. The van der Waals surface area contributed by atoms with Crippen LogP contribution in [0, 0.1) is 5.92 Å². The van der Waals surface area contributed by atoms with E-state index >= 15 is 0 Å². The topological polar surface area (TPSA) is 79.8 Å². The molecule has 2 N–H and O–H groups in total. The number of anilines is 3. The molecule has 1 aromatic heterocycles.